The van der Waals surface area contributed by atoms with Crippen LogP contribution in [0.25, 0.3) is 0 Å². The zero-order valence-electron chi connectivity index (χ0n) is 7.68. The van der Waals surface area contributed by atoms with Gasteiger partial charge in [-0.15, -0.1) is 0 Å². The predicted molar refractivity (Wildman–Crippen MR) is 47.9 cm³/mol. The standard InChI is InChI=1S/C9H18N2O/c1-9(5-11-7-2-3-7)6-12-4-8(9)10/h7-8,11H,2-6,10H2,1H3. The van der Waals surface area contributed by atoms with Crippen LogP contribution in [0.4, 0.5) is 0 Å². The van der Waals surface area contributed by atoms with Crippen LogP contribution in [0, 0.1) is 5.41 Å². The monoisotopic (exact) mass is 170 g/mol. The highest BCUT2D eigenvalue weighted by molar-refractivity contribution is 4.94. The number of ether oxygens (including phenoxy) is 1. The Bertz CT molecular complexity index is 170. The zero-order valence-corrected chi connectivity index (χ0v) is 7.68. The molecule has 3 N–H and O–H groups in total. The average Bonchev–Trinajstić information content (AvgIpc) is 2.79. The summed E-state index contributed by atoms with van der Waals surface area (Å²) in [5, 5.41) is 3.51. The third-order valence-electron chi connectivity index (χ3n) is 3.00. The average molecular weight is 170 g/mol. The topological polar surface area (TPSA) is 47.3 Å². The maximum absolute atomic E-state index is 5.95. The van der Waals surface area contributed by atoms with Gasteiger partial charge >= 0.3 is 0 Å². The molecule has 2 aliphatic rings. The van der Waals surface area contributed by atoms with Gasteiger partial charge in [0.05, 0.1) is 13.2 Å². The Labute approximate surface area is 73.7 Å². The van der Waals surface area contributed by atoms with E-state index in [1.54, 1.807) is 0 Å². The summed E-state index contributed by atoms with van der Waals surface area (Å²) < 4.78 is 5.36. The van der Waals surface area contributed by atoms with E-state index < -0.39 is 0 Å². The zero-order chi connectivity index (χ0) is 8.60. The molecule has 0 aromatic heterocycles. The highest BCUT2D eigenvalue weighted by Crippen LogP contribution is 2.28. The predicted octanol–water partition coefficient (Wildman–Crippen LogP) is 0.102. The van der Waals surface area contributed by atoms with Gasteiger partial charge < -0.3 is 15.8 Å². The first-order valence-corrected chi connectivity index (χ1v) is 4.77. The van der Waals surface area contributed by atoms with Gasteiger partial charge in [-0.25, -0.2) is 0 Å². The minimum Gasteiger partial charge on any atom is -0.379 e. The quantitative estimate of drug-likeness (QED) is 0.631. The van der Waals surface area contributed by atoms with Crippen molar-refractivity contribution in [3.63, 3.8) is 0 Å². The second kappa shape index (κ2) is 2.98. The van der Waals surface area contributed by atoms with Gasteiger partial charge in [0.25, 0.3) is 0 Å². The van der Waals surface area contributed by atoms with Gasteiger partial charge in [0.1, 0.15) is 0 Å². The normalized spacial score (nSPS) is 42.0. The number of nitrogens with two attached hydrogens (primary N) is 1. The van der Waals surface area contributed by atoms with E-state index in [2.05, 4.69) is 12.2 Å². The largest absolute Gasteiger partial charge is 0.379 e. The van der Waals surface area contributed by atoms with Crippen molar-refractivity contribution >= 4 is 0 Å². The lowest BCUT2D eigenvalue weighted by Gasteiger charge is -2.27. The van der Waals surface area contributed by atoms with E-state index in [-0.39, 0.29) is 11.5 Å². The van der Waals surface area contributed by atoms with Gasteiger partial charge in [0.2, 0.25) is 0 Å². The summed E-state index contributed by atoms with van der Waals surface area (Å²) in [6.45, 7) is 4.76. The molecule has 0 aromatic rings. The minimum atomic E-state index is 0.169. The van der Waals surface area contributed by atoms with Crippen LogP contribution < -0.4 is 11.1 Å². The second-order valence-electron chi connectivity index (χ2n) is 4.43. The Kier molecular flexibility index (Phi) is 2.10. The van der Waals surface area contributed by atoms with Crippen LogP contribution in [-0.2, 0) is 4.74 Å². The number of hydrogen-bond acceptors (Lipinski definition) is 3. The molecule has 0 bridgehead atoms. The van der Waals surface area contributed by atoms with Gasteiger partial charge in [0.15, 0.2) is 0 Å². The molecular formula is C9H18N2O. The Morgan fingerprint density at radius 3 is 2.83 bits per heavy atom. The molecule has 2 atom stereocenters. The van der Waals surface area contributed by atoms with Crippen molar-refractivity contribution < 1.29 is 4.74 Å². The van der Waals surface area contributed by atoms with Gasteiger partial charge in [-0.05, 0) is 12.8 Å². The third kappa shape index (κ3) is 1.63. The fraction of sp³-hybridized carbons (Fsp3) is 1.00. The van der Waals surface area contributed by atoms with E-state index in [1.807, 2.05) is 0 Å². The van der Waals surface area contributed by atoms with Gasteiger partial charge in [-0.2, -0.15) is 0 Å². The maximum atomic E-state index is 5.95. The summed E-state index contributed by atoms with van der Waals surface area (Å²) in [6, 6.07) is 0.985. The lowest BCUT2D eigenvalue weighted by atomic mass is 9.86. The van der Waals surface area contributed by atoms with Gasteiger partial charge in [-0.3, -0.25) is 0 Å². The van der Waals surface area contributed by atoms with Crippen molar-refractivity contribution in [3.8, 4) is 0 Å². The van der Waals surface area contributed by atoms with E-state index in [0.717, 1.165) is 25.8 Å². The molecule has 1 aliphatic carbocycles. The van der Waals surface area contributed by atoms with E-state index in [4.69, 9.17) is 10.5 Å². The summed E-state index contributed by atoms with van der Waals surface area (Å²) in [4.78, 5) is 0. The number of nitrogens with one attached hydrogen (secondary N) is 1. The first kappa shape index (κ1) is 8.48. The van der Waals surface area contributed by atoms with Crippen molar-refractivity contribution in [2.24, 2.45) is 11.1 Å². The molecule has 1 aliphatic heterocycles. The summed E-state index contributed by atoms with van der Waals surface area (Å²) >= 11 is 0. The summed E-state index contributed by atoms with van der Waals surface area (Å²) in [5.74, 6) is 0. The molecular weight excluding hydrogens is 152 g/mol. The van der Waals surface area contributed by atoms with E-state index in [9.17, 15) is 0 Å². The fourth-order valence-corrected chi connectivity index (χ4v) is 1.57. The Hall–Kier alpha value is -0.120. The molecule has 2 unspecified atom stereocenters. The molecule has 70 valence electrons. The Balaban J connectivity index is 1.82. The maximum Gasteiger partial charge on any atom is 0.0624 e. The molecule has 1 heterocycles. The SMILES string of the molecule is CC1(CNC2CC2)COCC1N. The second-order valence-corrected chi connectivity index (χ2v) is 4.43. The highest BCUT2D eigenvalue weighted by Gasteiger charge is 2.38. The van der Waals surface area contributed by atoms with Gasteiger partial charge in [0, 0.05) is 24.0 Å². The van der Waals surface area contributed by atoms with E-state index in [0.29, 0.717) is 0 Å². The van der Waals surface area contributed by atoms with Gasteiger partial charge in [-0.1, -0.05) is 6.92 Å². The van der Waals surface area contributed by atoms with Crippen molar-refractivity contribution in [2.45, 2.75) is 31.8 Å². The van der Waals surface area contributed by atoms with Crippen LogP contribution in [-0.4, -0.2) is 31.8 Å². The smallest absolute Gasteiger partial charge is 0.0624 e. The van der Waals surface area contributed by atoms with Crippen molar-refractivity contribution in [1.29, 1.82) is 0 Å². The van der Waals surface area contributed by atoms with Crippen LogP contribution in [0.1, 0.15) is 19.8 Å². The molecule has 0 amide bonds. The molecule has 0 radical (unpaired) electrons. The lowest BCUT2D eigenvalue weighted by Crippen LogP contribution is -2.45. The lowest BCUT2D eigenvalue weighted by molar-refractivity contribution is 0.158. The summed E-state index contributed by atoms with van der Waals surface area (Å²) in [6.07, 6.45) is 2.68. The summed E-state index contributed by atoms with van der Waals surface area (Å²) in [7, 11) is 0. The molecule has 3 nitrogen and oxygen atoms in total. The molecule has 0 aromatic carbocycles. The van der Waals surface area contributed by atoms with Crippen LogP contribution in [0.2, 0.25) is 0 Å². The first-order valence-electron chi connectivity index (χ1n) is 4.77. The summed E-state index contributed by atoms with van der Waals surface area (Å²) in [5.41, 5.74) is 6.12. The molecule has 0 spiro atoms. The molecule has 1 saturated carbocycles. The molecule has 12 heavy (non-hydrogen) atoms. The van der Waals surface area contributed by atoms with Crippen molar-refractivity contribution in [2.75, 3.05) is 19.8 Å². The third-order valence-corrected chi connectivity index (χ3v) is 3.00. The fourth-order valence-electron chi connectivity index (χ4n) is 1.57. The molecule has 2 fully saturated rings. The minimum absolute atomic E-state index is 0.169. The Morgan fingerprint density at radius 1 is 1.58 bits per heavy atom. The van der Waals surface area contributed by atoms with Crippen molar-refractivity contribution in [3.05, 3.63) is 0 Å². The van der Waals surface area contributed by atoms with Crippen LogP contribution in [0.5, 0.6) is 0 Å². The van der Waals surface area contributed by atoms with E-state index in [1.165, 1.54) is 12.8 Å². The van der Waals surface area contributed by atoms with E-state index >= 15 is 0 Å². The highest BCUT2D eigenvalue weighted by atomic mass is 16.5. The molecule has 1 saturated heterocycles. The van der Waals surface area contributed by atoms with Crippen molar-refractivity contribution in [1.82, 2.24) is 5.32 Å². The van der Waals surface area contributed by atoms with Crippen LogP contribution >= 0.6 is 0 Å². The Morgan fingerprint density at radius 2 is 2.33 bits per heavy atom. The molecule has 3 heteroatoms. The van der Waals surface area contributed by atoms with Crippen LogP contribution in [0.15, 0.2) is 0 Å². The number of hydrogen-bond donors (Lipinski definition) is 2. The molecule has 2 rings (SSSR count). The van der Waals surface area contributed by atoms with Crippen LogP contribution in [0.3, 0.4) is 0 Å². The number of rotatable bonds is 3. The first-order chi connectivity index (χ1) is 5.71.